The number of nitrogens with one attached hydrogen (secondary N) is 2. The highest BCUT2D eigenvalue weighted by Gasteiger charge is 2.36. The van der Waals surface area contributed by atoms with Gasteiger partial charge in [0.25, 0.3) is 0 Å². The van der Waals surface area contributed by atoms with Crippen LogP contribution >= 0.6 is 0 Å². The molecule has 3 aromatic rings. The van der Waals surface area contributed by atoms with Crippen molar-refractivity contribution in [1.82, 2.24) is 15.2 Å². The minimum absolute atomic E-state index is 0.373. The van der Waals surface area contributed by atoms with E-state index in [0.29, 0.717) is 41.7 Å². The van der Waals surface area contributed by atoms with Crippen LogP contribution in [0.1, 0.15) is 39.2 Å². The molecule has 2 N–H and O–H groups in total. The molecule has 0 saturated carbocycles. The molecule has 1 saturated heterocycles. The number of amides is 2. The van der Waals surface area contributed by atoms with Gasteiger partial charge in [-0.1, -0.05) is 23.8 Å². The van der Waals surface area contributed by atoms with Crippen molar-refractivity contribution in [2.24, 2.45) is 5.41 Å². The summed E-state index contributed by atoms with van der Waals surface area (Å²) in [7, 11) is 1.62. The highest BCUT2D eigenvalue weighted by Crippen LogP contribution is 2.38. The molecular formula is C37H44N4O6. The molecule has 0 atom stereocenters. The predicted molar refractivity (Wildman–Crippen MR) is 183 cm³/mol. The number of morpholine rings is 1. The maximum absolute atomic E-state index is 13.3. The second kappa shape index (κ2) is 15.3. The predicted octanol–water partition coefficient (Wildman–Crippen LogP) is 6.32. The van der Waals surface area contributed by atoms with E-state index in [0.717, 1.165) is 67.0 Å². The minimum atomic E-state index is -1.31. The van der Waals surface area contributed by atoms with Crippen LogP contribution in [0, 0.1) is 12.3 Å². The molecule has 1 aromatic heterocycles. The van der Waals surface area contributed by atoms with Crippen LogP contribution in [0.5, 0.6) is 23.0 Å². The lowest BCUT2D eigenvalue weighted by Gasteiger charge is -2.26. The Bertz CT molecular complexity index is 1700. The number of allylic oxidation sites excluding steroid dienone is 5. The third-order valence-electron chi connectivity index (χ3n) is 8.32. The number of nitrogens with zero attached hydrogens (tertiary/aromatic N) is 2. The average Bonchev–Trinajstić information content (AvgIpc) is 3.27. The quantitative estimate of drug-likeness (QED) is 0.175. The molecule has 0 radical (unpaired) electrons. The highest BCUT2D eigenvalue weighted by atomic mass is 16.5. The van der Waals surface area contributed by atoms with Gasteiger partial charge in [-0.2, -0.15) is 0 Å². The Balaban J connectivity index is 1.23. The molecule has 1 fully saturated rings. The Morgan fingerprint density at radius 2 is 1.77 bits per heavy atom. The number of carbonyl (C=O) groups excluding carboxylic acids is 2. The molecule has 10 nitrogen and oxygen atoms in total. The van der Waals surface area contributed by atoms with E-state index in [4.69, 9.17) is 18.9 Å². The Hall–Kier alpha value is -4.67. The molecule has 0 spiro atoms. The van der Waals surface area contributed by atoms with Crippen LogP contribution in [0.4, 0.5) is 5.69 Å². The molecule has 2 amide bonds. The van der Waals surface area contributed by atoms with Crippen LogP contribution in [0.15, 0.2) is 78.2 Å². The van der Waals surface area contributed by atoms with Crippen molar-refractivity contribution in [2.75, 3.05) is 51.9 Å². The van der Waals surface area contributed by atoms with Crippen LogP contribution in [0.2, 0.25) is 0 Å². The molecule has 0 bridgehead atoms. The molecule has 5 rings (SSSR count). The fourth-order valence-electron chi connectivity index (χ4n) is 5.26. The van der Waals surface area contributed by atoms with Crippen molar-refractivity contribution in [3.8, 4) is 23.0 Å². The molecule has 2 aromatic carbocycles. The Morgan fingerprint density at radius 1 is 0.979 bits per heavy atom. The van der Waals surface area contributed by atoms with Gasteiger partial charge < -0.3 is 29.6 Å². The van der Waals surface area contributed by atoms with Gasteiger partial charge in [0.05, 0.1) is 32.4 Å². The SMILES string of the molecule is COc1cc2c(Oc3ccc(NC(=O)C(C)(C)C(=O)NC4=CC=C(C)C=CC4)c(C)c3)ccnc2cc1OCCCN1CCOCC1. The monoisotopic (exact) mass is 640 g/mol. The number of anilines is 1. The number of benzene rings is 2. The van der Waals surface area contributed by atoms with Crippen molar-refractivity contribution < 1.29 is 28.5 Å². The highest BCUT2D eigenvalue weighted by molar-refractivity contribution is 6.10. The van der Waals surface area contributed by atoms with Crippen molar-refractivity contribution in [3.05, 3.63) is 83.7 Å². The first-order valence-corrected chi connectivity index (χ1v) is 16.0. The topological polar surface area (TPSA) is 111 Å². The van der Waals surface area contributed by atoms with E-state index in [9.17, 15) is 9.59 Å². The number of ether oxygens (including phenoxy) is 4. The summed E-state index contributed by atoms with van der Waals surface area (Å²) in [6.07, 6.45) is 11.0. The zero-order valence-corrected chi connectivity index (χ0v) is 27.9. The fraction of sp³-hybridized carbons (Fsp3) is 0.378. The Kier molecular flexibility index (Phi) is 11.0. The summed E-state index contributed by atoms with van der Waals surface area (Å²) in [6.45, 7) is 12.1. The summed E-state index contributed by atoms with van der Waals surface area (Å²) >= 11 is 0. The number of methoxy groups -OCH3 is 1. The van der Waals surface area contributed by atoms with Crippen LogP contribution in [-0.2, 0) is 14.3 Å². The van der Waals surface area contributed by atoms with Gasteiger partial charge in [0, 0.05) is 55.1 Å². The van der Waals surface area contributed by atoms with E-state index in [-0.39, 0.29) is 5.91 Å². The van der Waals surface area contributed by atoms with Crippen molar-refractivity contribution in [1.29, 1.82) is 0 Å². The Morgan fingerprint density at radius 3 is 2.53 bits per heavy atom. The number of hydrogen-bond acceptors (Lipinski definition) is 8. The van der Waals surface area contributed by atoms with Crippen LogP contribution < -0.4 is 24.8 Å². The standard InChI is InChI=1S/C37H44N4O6/c1-25-8-6-9-27(11-10-25)39-35(42)37(3,4)36(43)40-30-13-12-28(22-26(30)2)47-32-14-15-38-31-24-34(33(44-5)23-29(31)32)46-19-7-16-41-17-20-45-21-18-41/h6,8,10-15,22-24H,7,9,16-21H2,1-5H3,(H,39,42)(H,40,43). The van der Waals surface area contributed by atoms with Crippen LogP contribution in [0.3, 0.4) is 0 Å². The fourth-order valence-corrected chi connectivity index (χ4v) is 5.26. The second-order valence-corrected chi connectivity index (χ2v) is 12.3. The van der Waals surface area contributed by atoms with E-state index >= 15 is 0 Å². The summed E-state index contributed by atoms with van der Waals surface area (Å²) in [5, 5.41) is 6.60. The lowest BCUT2D eigenvalue weighted by atomic mass is 9.90. The lowest BCUT2D eigenvalue weighted by molar-refractivity contribution is -0.137. The second-order valence-electron chi connectivity index (χ2n) is 12.3. The summed E-state index contributed by atoms with van der Waals surface area (Å²) in [5.41, 5.74) is 2.62. The number of carbonyl (C=O) groups is 2. The summed E-state index contributed by atoms with van der Waals surface area (Å²) in [5.74, 6) is 1.64. The normalized spacial score (nSPS) is 15.3. The molecule has 0 unspecified atom stereocenters. The van der Waals surface area contributed by atoms with E-state index in [1.54, 1.807) is 45.4 Å². The smallest absolute Gasteiger partial charge is 0.239 e. The van der Waals surface area contributed by atoms with Crippen molar-refractivity contribution in [3.63, 3.8) is 0 Å². The van der Waals surface area contributed by atoms with Crippen LogP contribution in [-0.4, -0.2) is 68.3 Å². The van der Waals surface area contributed by atoms with Gasteiger partial charge in [0.1, 0.15) is 16.9 Å². The zero-order chi connectivity index (χ0) is 33.4. The molecule has 2 aliphatic rings. The van der Waals surface area contributed by atoms with Gasteiger partial charge in [-0.25, -0.2) is 0 Å². The van der Waals surface area contributed by atoms with Gasteiger partial charge >= 0.3 is 0 Å². The first kappa shape index (κ1) is 33.7. The Labute approximate surface area is 276 Å². The molecule has 1 aliphatic carbocycles. The molecular weight excluding hydrogens is 596 g/mol. The van der Waals surface area contributed by atoms with Crippen LogP contribution in [0.25, 0.3) is 10.9 Å². The van der Waals surface area contributed by atoms with Gasteiger partial charge in [-0.05, 0) is 76.1 Å². The average molecular weight is 641 g/mol. The third-order valence-corrected chi connectivity index (χ3v) is 8.32. The number of hydrogen-bond donors (Lipinski definition) is 2. The molecule has 1 aliphatic heterocycles. The van der Waals surface area contributed by atoms with Gasteiger partial charge in [0.2, 0.25) is 11.8 Å². The number of pyridine rings is 1. The first-order chi connectivity index (χ1) is 22.6. The molecule has 47 heavy (non-hydrogen) atoms. The minimum Gasteiger partial charge on any atom is -0.493 e. The largest absolute Gasteiger partial charge is 0.493 e. The van der Waals surface area contributed by atoms with E-state index < -0.39 is 11.3 Å². The number of aryl methyl sites for hydroxylation is 1. The van der Waals surface area contributed by atoms with E-state index in [1.165, 1.54) is 0 Å². The van der Waals surface area contributed by atoms with Crippen molar-refractivity contribution in [2.45, 2.75) is 40.5 Å². The zero-order valence-electron chi connectivity index (χ0n) is 27.9. The number of aromatic nitrogens is 1. The van der Waals surface area contributed by atoms with Crippen molar-refractivity contribution >= 4 is 28.4 Å². The third kappa shape index (κ3) is 8.58. The molecule has 10 heteroatoms. The first-order valence-electron chi connectivity index (χ1n) is 16.0. The number of fused-ring (bicyclic) bond motifs is 1. The summed E-state index contributed by atoms with van der Waals surface area (Å²) in [6, 6.07) is 10.9. The van der Waals surface area contributed by atoms with Gasteiger partial charge in [0.15, 0.2) is 11.5 Å². The molecule has 248 valence electrons. The summed E-state index contributed by atoms with van der Waals surface area (Å²) in [4.78, 5) is 33.3. The van der Waals surface area contributed by atoms with E-state index in [2.05, 4.69) is 20.5 Å². The van der Waals surface area contributed by atoms with Gasteiger partial charge in [-0.15, -0.1) is 0 Å². The summed E-state index contributed by atoms with van der Waals surface area (Å²) < 4.78 is 23.5. The maximum Gasteiger partial charge on any atom is 0.239 e. The van der Waals surface area contributed by atoms with Gasteiger partial charge in [-0.3, -0.25) is 19.5 Å². The lowest BCUT2D eigenvalue weighted by Crippen LogP contribution is -2.44. The number of rotatable bonds is 12. The maximum atomic E-state index is 13.3. The molecule has 2 heterocycles. The van der Waals surface area contributed by atoms with E-state index in [1.807, 2.05) is 56.4 Å².